The molecule has 126 valence electrons. The highest BCUT2D eigenvalue weighted by molar-refractivity contribution is 6.15. The zero-order chi connectivity index (χ0) is 17.9. The van der Waals surface area contributed by atoms with E-state index in [0.717, 1.165) is 22.9 Å². The largest absolute Gasteiger partial charge is 0.247 e. The van der Waals surface area contributed by atoms with Crippen molar-refractivity contribution in [2.45, 2.75) is 0 Å². The predicted molar refractivity (Wildman–Crippen MR) is 102 cm³/mol. The quantitative estimate of drug-likeness (QED) is 0.388. The van der Waals surface area contributed by atoms with E-state index in [1.54, 1.807) is 18.2 Å². The molecule has 0 atom stereocenters. The molecule has 3 heteroatoms. The first-order valence-corrected chi connectivity index (χ1v) is 8.30. The number of benzene rings is 4. The van der Waals surface area contributed by atoms with Crippen LogP contribution in [0.1, 0.15) is 11.1 Å². The number of fused-ring (bicyclic) bond motifs is 1. The molecular weight excluding hydrogens is 328 g/mol. The average Bonchev–Trinajstić information content (AvgIpc) is 2.70. The van der Waals surface area contributed by atoms with Gasteiger partial charge < -0.3 is 0 Å². The van der Waals surface area contributed by atoms with Crippen molar-refractivity contribution >= 4 is 22.2 Å². The molecule has 0 spiro atoms. The van der Waals surface area contributed by atoms with Crippen molar-refractivity contribution in [2.75, 3.05) is 0 Å². The zero-order valence-electron chi connectivity index (χ0n) is 13.9. The van der Waals surface area contributed by atoms with Gasteiger partial charge in [0.25, 0.3) is 0 Å². The standard InChI is InChI=1S/C23H15F2N/c24-20-15-14-18-19(22(20)25)12-7-13-21(18)26-23(16-8-3-1-4-9-16)17-10-5-2-6-11-17/h1-15H. The second kappa shape index (κ2) is 6.89. The lowest BCUT2D eigenvalue weighted by Gasteiger charge is -2.10. The topological polar surface area (TPSA) is 12.4 Å². The number of nitrogens with zero attached hydrogens (tertiary/aromatic N) is 1. The van der Waals surface area contributed by atoms with Crippen molar-refractivity contribution in [3.05, 3.63) is 114 Å². The average molecular weight is 343 g/mol. The number of hydrogen-bond acceptors (Lipinski definition) is 1. The van der Waals surface area contributed by atoms with E-state index >= 15 is 0 Å². The summed E-state index contributed by atoms with van der Waals surface area (Å²) in [6.07, 6.45) is 0. The minimum atomic E-state index is -0.857. The smallest absolute Gasteiger partial charge is 0.166 e. The maximum Gasteiger partial charge on any atom is 0.166 e. The molecule has 0 aliphatic heterocycles. The minimum absolute atomic E-state index is 0.228. The summed E-state index contributed by atoms with van der Waals surface area (Å²) in [5, 5.41) is 0.808. The van der Waals surface area contributed by atoms with Gasteiger partial charge in [-0.1, -0.05) is 72.8 Å². The summed E-state index contributed by atoms with van der Waals surface area (Å²) < 4.78 is 27.7. The van der Waals surface area contributed by atoms with E-state index in [2.05, 4.69) is 0 Å². The van der Waals surface area contributed by atoms with Crippen LogP contribution in [0.25, 0.3) is 10.8 Å². The predicted octanol–water partition coefficient (Wildman–Crippen LogP) is 6.29. The summed E-state index contributed by atoms with van der Waals surface area (Å²) in [5.74, 6) is -1.70. The summed E-state index contributed by atoms with van der Waals surface area (Å²) in [4.78, 5) is 4.83. The van der Waals surface area contributed by atoms with Crippen LogP contribution in [0.2, 0.25) is 0 Å². The molecule has 4 aromatic rings. The van der Waals surface area contributed by atoms with Crippen LogP contribution in [0.3, 0.4) is 0 Å². The van der Waals surface area contributed by atoms with Crippen molar-refractivity contribution in [1.82, 2.24) is 0 Å². The van der Waals surface area contributed by atoms with Crippen LogP contribution in [0.5, 0.6) is 0 Å². The fourth-order valence-corrected chi connectivity index (χ4v) is 2.98. The van der Waals surface area contributed by atoms with Crippen LogP contribution in [0.4, 0.5) is 14.5 Å². The highest BCUT2D eigenvalue weighted by atomic mass is 19.2. The summed E-state index contributed by atoms with van der Waals surface area (Å²) in [5.41, 5.74) is 3.30. The summed E-state index contributed by atoms with van der Waals surface area (Å²) in [7, 11) is 0. The monoisotopic (exact) mass is 343 g/mol. The Balaban J connectivity index is 1.97. The Bertz CT molecular complexity index is 1050. The first-order chi connectivity index (χ1) is 12.7. The maximum absolute atomic E-state index is 14.1. The molecule has 1 nitrogen and oxygen atoms in total. The molecule has 0 unspecified atom stereocenters. The number of halogens is 2. The molecule has 0 N–H and O–H groups in total. The maximum atomic E-state index is 14.1. The van der Waals surface area contributed by atoms with Crippen LogP contribution >= 0.6 is 0 Å². The van der Waals surface area contributed by atoms with Crippen molar-refractivity contribution in [3.63, 3.8) is 0 Å². The normalized spacial score (nSPS) is 10.7. The van der Waals surface area contributed by atoms with Gasteiger partial charge in [-0.05, 0) is 18.2 Å². The van der Waals surface area contributed by atoms with E-state index in [4.69, 9.17) is 4.99 Å². The van der Waals surface area contributed by atoms with Gasteiger partial charge in [-0.25, -0.2) is 13.8 Å². The fraction of sp³-hybridized carbons (Fsp3) is 0. The van der Waals surface area contributed by atoms with E-state index in [0.29, 0.717) is 11.1 Å². The van der Waals surface area contributed by atoms with E-state index in [9.17, 15) is 8.78 Å². The molecule has 0 bridgehead atoms. The van der Waals surface area contributed by atoms with Gasteiger partial charge in [0, 0.05) is 21.9 Å². The Labute approximate surface area is 150 Å². The number of hydrogen-bond donors (Lipinski definition) is 0. The second-order valence-corrected chi connectivity index (χ2v) is 5.93. The zero-order valence-corrected chi connectivity index (χ0v) is 13.9. The lowest BCUT2D eigenvalue weighted by atomic mass is 10.0. The molecule has 0 aromatic heterocycles. The van der Waals surface area contributed by atoms with Crippen LogP contribution < -0.4 is 0 Å². The third kappa shape index (κ3) is 3.00. The van der Waals surface area contributed by atoms with Gasteiger partial charge in [-0.3, -0.25) is 0 Å². The fourth-order valence-electron chi connectivity index (χ4n) is 2.98. The molecule has 0 aliphatic carbocycles. The van der Waals surface area contributed by atoms with E-state index < -0.39 is 11.6 Å². The lowest BCUT2D eigenvalue weighted by Crippen LogP contribution is -2.02. The molecule has 0 radical (unpaired) electrons. The van der Waals surface area contributed by atoms with Crippen LogP contribution in [-0.4, -0.2) is 5.71 Å². The van der Waals surface area contributed by atoms with Crippen molar-refractivity contribution in [2.24, 2.45) is 4.99 Å². The van der Waals surface area contributed by atoms with Crippen molar-refractivity contribution in [3.8, 4) is 0 Å². The van der Waals surface area contributed by atoms with Gasteiger partial charge in [-0.15, -0.1) is 0 Å². The Morgan fingerprint density at radius 3 is 1.81 bits per heavy atom. The molecule has 0 saturated carbocycles. The first-order valence-electron chi connectivity index (χ1n) is 8.30. The highest BCUT2D eigenvalue weighted by Crippen LogP contribution is 2.30. The second-order valence-electron chi connectivity index (χ2n) is 5.93. The molecule has 4 rings (SSSR count). The Morgan fingerprint density at radius 2 is 1.19 bits per heavy atom. The Morgan fingerprint density at radius 1 is 0.577 bits per heavy atom. The van der Waals surface area contributed by atoms with Crippen LogP contribution in [0, 0.1) is 11.6 Å². The van der Waals surface area contributed by atoms with Crippen molar-refractivity contribution < 1.29 is 8.78 Å². The molecule has 0 saturated heterocycles. The minimum Gasteiger partial charge on any atom is -0.247 e. The summed E-state index contributed by atoms with van der Waals surface area (Å²) >= 11 is 0. The van der Waals surface area contributed by atoms with E-state index in [-0.39, 0.29) is 5.39 Å². The Hall–Kier alpha value is -3.33. The van der Waals surface area contributed by atoms with Crippen molar-refractivity contribution in [1.29, 1.82) is 0 Å². The molecule has 0 fully saturated rings. The third-order valence-electron chi connectivity index (χ3n) is 4.25. The molecule has 0 amide bonds. The van der Waals surface area contributed by atoms with Gasteiger partial charge in [0.1, 0.15) is 0 Å². The van der Waals surface area contributed by atoms with Gasteiger partial charge in [0.05, 0.1) is 11.4 Å². The first kappa shape index (κ1) is 16.2. The molecule has 4 aromatic carbocycles. The van der Waals surface area contributed by atoms with Crippen LogP contribution in [-0.2, 0) is 0 Å². The highest BCUT2D eigenvalue weighted by Gasteiger charge is 2.11. The molecule has 0 aliphatic rings. The van der Waals surface area contributed by atoms with Gasteiger partial charge in [-0.2, -0.15) is 0 Å². The third-order valence-corrected chi connectivity index (χ3v) is 4.25. The molecular formula is C23H15F2N. The van der Waals surface area contributed by atoms with E-state index in [1.807, 2.05) is 66.7 Å². The van der Waals surface area contributed by atoms with Gasteiger partial charge in [0.2, 0.25) is 0 Å². The summed E-state index contributed by atoms with van der Waals surface area (Å²) in [6, 6.07) is 27.4. The summed E-state index contributed by atoms with van der Waals surface area (Å²) in [6.45, 7) is 0. The van der Waals surface area contributed by atoms with Gasteiger partial charge in [0.15, 0.2) is 11.6 Å². The lowest BCUT2D eigenvalue weighted by molar-refractivity contribution is 0.517. The Kier molecular flexibility index (Phi) is 4.28. The van der Waals surface area contributed by atoms with Gasteiger partial charge >= 0.3 is 0 Å². The number of aliphatic imine (C=N–C) groups is 1. The molecule has 26 heavy (non-hydrogen) atoms. The SMILES string of the molecule is Fc1ccc2c(N=C(c3ccccc3)c3ccccc3)cccc2c1F. The van der Waals surface area contributed by atoms with Crippen LogP contribution in [0.15, 0.2) is 96.0 Å². The molecule has 0 heterocycles. The van der Waals surface area contributed by atoms with E-state index in [1.165, 1.54) is 0 Å². The number of rotatable bonds is 3.